The first-order valence-corrected chi connectivity index (χ1v) is 8.89. The Morgan fingerprint density at radius 3 is 1.31 bits per heavy atom. The molecule has 0 aromatic rings. The Kier molecular flexibility index (Phi) is 13.0. The van der Waals surface area contributed by atoms with Crippen LogP contribution in [0.25, 0.3) is 0 Å². The molecule has 0 unspecified atom stereocenters. The molecule has 0 aliphatic carbocycles. The van der Waals surface area contributed by atoms with E-state index in [1.54, 1.807) is 0 Å². The van der Waals surface area contributed by atoms with Crippen LogP contribution in [-0.2, 0) is 47.7 Å². The predicted molar refractivity (Wildman–Crippen MR) is 109 cm³/mol. The van der Waals surface area contributed by atoms with Crippen molar-refractivity contribution in [1.82, 2.24) is 0 Å². The summed E-state index contributed by atoms with van der Waals surface area (Å²) in [4.78, 5) is 58.9. The molecule has 32 heavy (non-hydrogen) atoms. The molecule has 0 heterocycles. The van der Waals surface area contributed by atoms with Crippen molar-refractivity contribution >= 4 is 29.8 Å². The van der Waals surface area contributed by atoms with Crippen LogP contribution in [0.2, 0.25) is 0 Å². The standard InChI is InChI=1S/C21H24O11/c1-6-15(23)28-12-14(30-17(25)8-3)21(32-19(27)10-5)20(31-18(26)9-4)13(11-22)29-16(24)7-2/h6-10,13-14,20-22H,1-5,11-12H2/t13-,14+,20-,21-/m0/s1. The van der Waals surface area contributed by atoms with Crippen molar-refractivity contribution in [3.8, 4) is 0 Å². The van der Waals surface area contributed by atoms with Gasteiger partial charge in [-0.3, -0.25) is 0 Å². The van der Waals surface area contributed by atoms with E-state index >= 15 is 0 Å². The number of aliphatic hydroxyl groups excluding tert-OH is 1. The van der Waals surface area contributed by atoms with E-state index in [0.29, 0.717) is 0 Å². The lowest BCUT2D eigenvalue weighted by Crippen LogP contribution is -2.54. The van der Waals surface area contributed by atoms with Crippen molar-refractivity contribution < 1.29 is 52.8 Å². The number of hydrogen-bond acceptors (Lipinski definition) is 11. The molecule has 11 nitrogen and oxygen atoms in total. The highest BCUT2D eigenvalue weighted by Gasteiger charge is 2.44. The van der Waals surface area contributed by atoms with Gasteiger partial charge in [0.25, 0.3) is 0 Å². The maximum absolute atomic E-state index is 12.0. The van der Waals surface area contributed by atoms with Crippen LogP contribution in [0.3, 0.4) is 0 Å². The zero-order chi connectivity index (χ0) is 24.7. The van der Waals surface area contributed by atoms with E-state index in [4.69, 9.17) is 23.7 Å². The Labute approximate surface area is 184 Å². The van der Waals surface area contributed by atoms with Gasteiger partial charge in [-0.1, -0.05) is 32.9 Å². The van der Waals surface area contributed by atoms with Crippen LogP contribution in [0.5, 0.6) is 0 Å². The van der Waals surface area contributed by atoms with Crippen LogP contribution in [0, 0.1) is 0 Å². The van der Waals surface area contributed by atoms with E-state index in [9.17, 15) is 29.1 Å². The molecular formula is C21H24O11. The monoisotopic (exact) mass is 452 g/mol. The molecule has 0 aromatic carbocycles. The molecule has 0 aromatic heterocycles. The van der Waals surface area contributed by atoms with Crippen molar-refractivity contribution in [3.05, 3.63) is 63.3 Å². The van der Waals surface area contributed by atoms with Gasteiger partial charge in [0.15, 0.2) is 24.4 Å². The summed E-state index contributed by atoms with van der Waals surface area (Å²) in [7, 11) is 0. The van der Waals surface area contributed by atoms with E-state index in [1.165, 1.54) is 0 Å². The van der Waals surface area contributed by atoms with Crippen molar-refractivity contribution in [2.75, 3.05) is 13.2 Å². The third-order valence-corrected chi connectivity index (χ3v) is 3.50. The zero-order valence-corrected chi connectivity index (χ0v) is 17.2. The molecule has 0 amide bonds. The summed E-state index contributed by atoms with van der Waals surface area (Å²) in [6, 6.07) is 0. The zero-order valence-electron chi connectivity index (χ0n) is 17.2. The van der Waals surface area contributed by atoms with Gasteiger partial charge >= 0.3 is 29.8 Å². The highest BCUT2D eigenvalue weighted by molar-refractivity contribution is 5.84. The number of esters is 5. The molecule has 0 saturated heterocycles. The van der Waals surface area contributed by atoms with Crippen LogP contribution in [0.1, 0.15) is 0 Å². The van der Waals surface area contributed by atoms with Gasteiger partial charge in [-0.2, -0.15) is 0 Å². The average Bonchev–Trinajstić information content (AvgIpc) is 2.81. The molecule has 174 valence electrons. The smallest absolute Gasteiger partial charge is 0.330 e. The summed E-state index contributed by atoms with van der Waals surface area (Å²) >= 11 is 0. The van der Waals surface area contributed by atoms with Crippen molar-refractivity contribution in [2.45, 2.75) is 24.4 Å². The lowest BCUT2D eigenvalue weighted by atomic mass is 10.0. The first-order valence-electron chi connectivity index (χ1n) is 8.89. The minimum Gasteiger partial charge on any atom is -0.458 e. The number of rotatable bonds is 15. The second-order valence-corrected chi connectivity index (χ2v) is 5.59. The topological polar surface area (TPSA) is 152 Å². The van der Waals surface area contributed by atoms with Crippen LogP contribution >= 0.6 is 0 Å². The molecule has 0 aliphatic heterocycles. The van der Waals surface area contributed by atoms with Gasteiger partial charge in [-0.15, -0.1) is 0 Å². The number of aliphatic hydroxyl groups is 1. The summed E-state index contributed by atoms with van der Waals surface area (Å²) in [5.41, 5.74) is 0. The summed E-state index contributed by atoms with van der Waals surface area (Å²) < 4.78 is 25.2. The summed E-state index contributed by atoms with van der Waals surface area (Å²) in [6.07, 6.45) is -2.95. The molecule has 0 aliphatic rings. The molecule has 0 bridgehead atoms. The number of ether oxygens (including phenoxy) is 5. The SMILES string of the molecule is C=CC(=O)OC[C@@H](OC(=O)C=C)[C@H](OC(=O)C=C)[C@@H](OC(=O)C=C)[C@H](CO)OC(=O)C=C. The molecule has 0 saturated carbocycles. The molecule has 0 radical (unpaired) electrons. The number of carbonyl (C=O) groups excluding carboxylic acids is 5. The Morgan fingerprint density at radius 2 is 0.938 bits per heavy atom. The quantitative estimate of drug-likeness (QED) is 0.204. The van der Waals surface area contributed by atoms with Gasteiger partial charge in [-0.25, -0.2) is 24.0 Å². The molecule has 0 rings (SSSR count). The second-order valence-electron chi connectivity index (χ2n) is 5.59. The fraction of sp³-hybridized carbons (Fsp3) is 0.286. The third kappa shape index (κ3) is 9.67. The van der Waals surface area contributed by atoms with Crippen molar-refractivity contribution in [2.24, 2.45) is 0 Å². The lowest BCUT2D eigenvalue weighted by molar-refractivity contribution is -0.201. The molecule has 0 fully saturated rings. The Hall–Kier alpha value is -3.99. The Bertz CT molecular complexity index is 768. The summed E-state index contributed by atoms with van der Waals surface area (Å²) in [5.74, 6) is -5.11. The van der Waals surface area contributed by atoms with Gasteiger partial charge in [0.05, 0.1) is 6.61 Å². The van der Waals surface area contributed by atoms with Gasteiger partial charge in [-0.05, 0) is 0 Å². The molecule has 0 spiro atoms. The number of carbonyl (C=O) groups is 5. The van der Waals surface area contributed by atoms with Gasteiger partial charge in [0.1, 0.15) is 6.61 Å². The largest absolute Gasteiger partial charge is 0.458 e. The van der Waals surface area contributed by atoms with Gasteiger partial charge < -0.3 is 28.8 Å². The predicted octanol–water partition coefficient (Wildman–Crippen LogP) is 0.0991. The molecule has 1 N–H and O–H groups in total. The Morgan fingerprint density at radius 1 is 0.594 bits per heavy atom. The molecular weight excluding hydrogens is 428 g/mol. The van der Waals surface area contributed by atoms with E-state index in [2.05, 4.69) is 32.9 Å². The van der Waals surface area contributed by atoms with Gasteiger partial charge in [0, 0.05) is 30.4 Å². The first kappa shape index (κ1) is 28.0. The first-order chi connectivity index (χ1) is 15.2. The van der Waals surface area contributed by atoms with Gasteiger partial charge in [0.2, 0.25) is 0 Å². The van der Waals surface area contributed by atoms with E-state index in [0.717, 1.165) is 30.4 Å². The summed E-state index contributed by atoms with van der Waals surface area (Å²) in [6.45, 7) is 14.5. The fourth-order valence-corrected chi connectivity index (χ4v) is 2.10. The fourth-order valence-electron chi connectivity index (χ4n) is 2.10. The highest BCUT2D eigenvalue weighted by Crippen LogP contribution is 2.20. The maximum atomic E-state index is 12.0. The Balaban J connectivity index is 6.43. The minimum atomic E-state index is -1.76. The number of hydrogen-bond donors (Lipinski definition) is 1. The molecule has 4 atom stereocenters. The second kappa shape index (κ2) is 14.9. The molecule has 11 heteroatoms. The van der Waals surface area contributed by atoms with E-state index in [1.807, 2.05) is 0 Å². The van der Waals surface area contributed by atoms with Crippen LogP contribution in [-0.4, -0.2) is 72.6 Å². The van der Waals surface area contributed by atoms with Crippen molar-refractivity contribution in [3.63, 3.8) is 0 Å². The van der Waals surface area contributed by atoms with E-state index < -0.39 is 67.5 Å². The highest BCUT2D eigenvalue weighted by atomic mass is 16.6. The lowest BCUT2D eigenvalue weighted by Gasteiger charge is -2.34. The third-order valence-electron chi connectivity index (χ3n) is 3.50. The summed E-state index contributed by atoms with van der Waals surface area (Å²) in [5, 5.41) is 9.72. The van der Waals surface area contributed by atoms with Crippen LogP contribution in [0.15, 0.2) is 63.3 Å². The average molecular weight is 452 g/mol. The van der Waals surface area contributed by atoms with Crippen LogP contribution in [0.4, 0.5) is 0 Å². The van der Waals surface area contributed by atoms with Crippen molar-refractivity contribution in [1.29, 1.82) is 0 Å². The van der Waals surface area contributed by atoms with Crippen LogP contribution < -0.4 is 0 Å². The van der Waals surface area contributed by atoms with E-state index in [-0.39, 0.29) is 0 Å². The maximum Gasteiger partial charge on any atom is 0.330 e. The normalized spacial score (nSPS) is 13.5. The minimum absolute atomic E-state index is 0.713.